The largest absolute Gasteiger partial charge is 0.487 e. The molecule has 1 aromatic rings. The smallest absolute Gasteiger partial charge is 0.332 e. The van der Waals surface area contributed by atoms with Gasteiger partial charge in [0.25, 0.3) is 0 Å². The standard InChI is InChI=1S/C15H21N3O5/c1-11(17-18-15(16)19)12-2-3-13-14(10-12)23-9-7-21-5-4-20-6-8-22-13/h2-3,10H,4-9H2,1H3,(H3,16,18,19)/b17-11+. The Hall–Kier alpha value is -2.32. The van der Waals surface area contributed by atoms with E-state index in [4.69, 9.17) is 24.7 Å². The van der Waals surface area contributed by atoms with Gasteiger partial charge in [0.1, 0.15) is 13.2 Å². The number of nitrogens with zero attached hydrogens (tertiary/aromatic N) is 1. The van der Waals surface area contributed by atoms with E-state index >= 15 is 0 Å². The molecule has 23 heavy (non-hydrogen) atoms. The topological polar surface area (TPSA) is 104 Å². The van der Waals surface area contributed by atoms with Crippen molar-refractivity contribution >= 4 is 11.7 Å². The minimum absolute atomic E-state index is 0.398. The van der Waals surface area contributed by atoms with Crippen LogP contribution in [0, 0.1) is 0 Å². The van der Waals surface area contributed by atoms with Crippen LogP contribution in [-0.4, -0.2) is 51.4 Å². The molecule has 0 spiro atoms. The zero-order valence-electron chi connectivity index (χ0n) is 13.0. The first kappa shape index (κ1) is 17.0. The Morgan fingerprint density at radius 2 is 1.65 bits per heavy atom. The van der Waals surface area contributed by atoms with Gasteiger partial charge in [-0.05, 0) is 25.1 Å². The average Bonchev–Trinajstić information content (AvgIpc) is 2.53. The van der Waals surface area contributed by atoms with Crippen molar-refractivity contribution < 1.29 is 23.7 Å². The molecule has 0 unspecified atom stereocenters. The van der Waals surface area contributed by atoms with Gasteiger partial charge in [0, 0.05) is 5.56 Å². The van der Waals surface area contributed by atoms with Gasteiger partial charge in [-0.15, -0.1) is 0 Å². The third kappa shape index (κ3) is 5.76. The van der Waals surface area contributed by atoms with Crippen LogP contribution in [0.2, 0.25) is 0 Å². The molecular weight excluding hydrogens is 302 g/mol. The van der Waals surface area contributed by atoms with E-state index in [9.17, 15) is 4.79 Å². The summed E-state index contributed by atoms with van der Waals surface area (Å²) < 4.78 is 22.2. The molecule has 2 amide bonds. The van der Waals surface area contributed by atoms with E-state index in [0.717, 1.165) is 5.56 Å². The van der Waals surface area contributed by atoms with Gasteiger partial charge in [-0.25, -0.2) is 10.2 Å². The predicted octanol–water partition coefficient (Wildman–Crippen LogP) is 0.883. The van der Waals surface area contributed by atoms with Crippen LogP contribution < -0.4 is 20.6 Å². The fourth-order valence-corrected chi connectivity index (χ4v) is 1.91. The van der Waals surface area contributed by atoms with E-state index in [1.165, 1.54) is 0 Å². The van der Waals surface area contributed by atoms with E-state index < -0.39 is 6.03 Å². The number of hydrazone groups is 1. The lowest BCUT2D eigenvalue weighted by Crippen LogP contribution is -2.25. The van der Waals surface area contributed by atoms with Gasteiger partial charge in [0.05, 0.1) is 32.1 Å². The molecule has 0 atom stereocenters. The summed E-state index contributed by atoms with van der Waals surface area (Å²) in [6.07, 6.45) is 0. The number of urea groups is 1. The number of hydrogen-bond donors (Lipinski definition) is 2. The Kier molecular flexibility index (Phi) is 6.64. The highest BCUT2D eigenvalue weighted by molar-refractivity contribution is 5.99. The highest BCUT2D eigenvalue weighted by atomic mass is 16.6. The SMILES string of the molecule is C/C(=N\NC(N)=O)c1ccc2c(c1)OCCOCCOCCO2. The highest BCUT2D eigenvalue weighted by Gasteiger charge is 2.10. The number of carbonyl (C=O) groups is 1. The van der Waals surface area contributed by atoms with Crippen molar-refractivity contribution in [1.82, 2.24) is 5.43 Å². The average molecular weight is 323 g/mol. The van der Waals surface area contributed by atoms with Gasteiger partial charge < -0.3 is 24.7 Å². The number of hydrogen-bond acceptors (Lipinski definition) is 6. The third-order valence-electron chi connectivity index (χ3n) is 3.04. The van der Waals surface area contributed by atoms with E-state index in [1.54, 1.807) is 19.1 Å². The summed E-state index contributed by atoms with van der Waals surface area (Å²) in [5.41, 5.74) is 8.58. The van der Waals surface area contributed by atoms with Crippen molar-refractivity contribution in [3.05, 3.63) is 23.8 Å². The first-order valence-corrected chi connectivity index (χ1v) is 7.32. The number of primary amides is 1. The van der Waals surface area contributed by atoms with Gasteiger partial charge in [-0.3, -0.25) is 0 Å². The molecule has 3 N–H and O–H groups in total. The quantitative estimate of drug-likeness (QED) is 0.621. The minimum atomic E-state index is -0.715. The summed E-state index contributed by atoms with van der Waals surface area (Å²) >= 11 is 0. The normalized spacial score (nSPS) is 16.8. The lowest BCUT2D eigenvalue weighted by atomic mass is 10.1. The van der Waals surface area contributed by atoms with Crippen LogP contribution in [-0.2, 0) is 9.47 Å². The van der Waals surface area contributed by atoms with Crippen LogP contribution in [0.25, 0.3) is 0 Å². The summed E-state index contributed by atoms with van der Waals surface area (Å²) in [7, 11) is 0. The number of carbonyl (C=O) groups excluding carboxylic acids is 1. The second kappa shape index (κ2) is 8.96. The van der Waals surface area contributed by atoms with Crippen molar-refractivity contribution in [1.29, 1.82) is 0 Å². The first-order chi connectivity index (χ1) is 11.2. The van der Waals surface area contributed by atoms with E-state index in [2.05, 4.69) is 10.5 Å². The molecule has 8 nitrogen and oxygen atoms in total. The highest BCUT2D eigenvalue weighted by Crippen LogP contribution is 2.29. The van der Waals surface area contributed by atoms with Gasteiger partial charge in [-0.1, -0.05) is 0 Å². The molecule has 0 aliphatic carbocycles. The number of amides is 2. The third-order valence-corrected chi connectivity index (χ3v) is 3.04. The van der Waals surface area contributed by atoms with Gasteiger partial charge in [0.2, 0.25) is 0 Å². The Labute approximate surface area is 134 Å². The van der Waals surface area contributed by atoms with E-state index in [1.807, 2.05) is 6.07 Å². The maximum absolute atomic E-state index is 10.7. The summed E-state index contributed by atoms with van der Waals surface area (Å²) in [5.74, 6) is 1.20. The number of nitrogens with two attached hydrogens (primary N) is 1. The molecular formula is C15H21N3O5. The van der Waals surface area contributed by atoms with Gasteiger partial charge in [0.15, 0.2) is 11.5 Å². The molecule has 8 heteroatoms. The summed E-state index contributed by atoms with van der Waals surface area (Å²) in [6.45, 7) is 4.59. The van der Waals surface area contributed by atoms with Gasteiger partial charge >= 0.3 is 6.03 Å². The van der Waals surface area contributed by atoms with E-state index in [-0.39, 0.29) is 0 Å². The Balaban J connectivity index is 2.14. The molecule has 2 rings (SSSR count). The van der Waals surface area contributed by atoms with Crippen molar-refractivity contribution in [2.45, 2.75) is 6.92 Å². The maximum Gasteiger partial charge on any atom is 0.332 e. The number of nitrogens with one attached hydrogen (secondary N) is 1. The molecule has 0 aromatic heterocycles. The Morgan fingerprint density at radius 1 is 1.04 bits per heavy atom. The zero-order chi connectivity index (χ0) is 16.5. The minimum Gasteiger partial charge on any atom is -0.487 e. The molecule has 1 aromatic carbocycles. The molecule has 0 saturated heterocycles. The second-order valence-electron chi connectivity index (χ2n) is 4.76. The lowest BCUT2D eigenvalue weighted by molar-refractivity contribution is 0.0223. The first-order valence-electron chi connectivity index (χ1n) is 7.32. The summed E-state index contributed by atoms with van der Waals surface area (Å²) in [5, 5.41) is 3.90. The molecule has 1 aliphatic rings. The second-order valence-corrected chi connectivity index (χ2v) is 4.76. The van der Waals surface area contributed by atoms with Crippen LogP contribution in [0.15, 0.2) is 23.3 Å². The predicted molar refractivity (Wildman–Crippen MR) is 84.0 cm³/mol. The molecule has 0 radical (unpaired) electrons. The number of rotatable bonds is 2. The molecule has 1 aliphatic heterocycles. The molecule has 126 valence electrons. The monoisotopic (exact) mass is 323 g/mol. The summed E-state index contributed by atoms with van der Waals surface area (Å²) in [6, 6.07) is 4.70. The maximum atomic E-state index is 10.7. The Morgan fingerprint density at radius 3 is 2.30 bits per heavy atom. The number of fused-ring (bicyclic) bond motifs is 1. The van der Waals surface area contributed by atoms with Crippen LogP contribution in [0.1, 0.15) is 12.5 Å². The van der Waals surface area contributed by atoms with Crippen molar-refractivity contribution in [2.24, 2.45) is 10.8 Å². The molecule has 0 bridgehead atoms. The molecule has 1 heterocycles. The van der Waals surface area contributed by atoms with Crippen molar-refractivity contribution in [3.8, 4) is 11.5 Å². The molecule has 0 saturated carbocycles. The van der Waals surface area contributed by atoms with Crippen LogP contribution >= 0.6 is 0 Å². The lowest BCUT2D eigenvalue weighted by Gasteiger charge is -2.16. The van der Waals surface area contributed by atoms with Crippen LogP contribution in [0.5, 0.6) is 11.5 Å². The fourth-order valence-electron chi connectivity index (χ4n) is 1.91. The zero-order valence-corrected chi connectivity index (χ0v) is 13.0. The van der Waals surface area contributed by atoms with Crippen molar-refractivity contribution in [2.75, 3.05) is 39.6 Å². The van der Waals surface area contributed by atoms with Gasteiger partial charge in [-0.2, -0.15) is 5.10 Å². The van der Waals surface area contributed by atoms with Crippen LogP contribution in [0.4, 0.5) is 4.79 Å². The van der Waals surface area contributed by atoms with Crippen molar-refractivity contribution in [3.63, 3.8) is 0 Å². The number of ether oxygens (including phenoxy) is 4. The van der Waals surface area contributed by atoms with E-state index in [0.29, 0.717) is 56.9 Å². The molecule has 0 fully saturated rings. The fraction of sp³-hybridized carbons (Fsp3) is 0.467. The van der Waals surface area contributed by atoms with Crippen LogP contribution in [0.3, 0.4) is 0 Å². The Bertz CT molecular complexity index is 562. The number of benzene rings is 1. The summed E-state index contributed by atoms with van der Waals surface area (Å²) in [4.78, 5) is 10.7.